The summed E-state index contributed by atoms with van der Waals surface area (Å²) < 4.78 is 1.68. The van der Waals surface area contributed by atoms with Crippen molar-refractivity contribution in [3.63, 3.8) is 0 Å². The Kier molecular flexibility index (Phi) is 4.70. The second kappa shape index (κ2) is 6.28. The molecule has 0 aliphatic carbocycles. The van der Waals surface area contributed by atoms with E-state index < -0.39 is 0 Å². The van der Waals surface area contributed by atoms with E-state index in [1.165, 1.54) is 4.90 Å². The fourth-order valence-electron chi connectivity index (χ4n) is 1.17. The molecule has 1 heterocycles. The molecule has 0 saturated heterocycles. The van der Waals surface area contributed by atoms with Crippen molar-refractivity contribution in [3.8, 4) is 0 Å². The van der Waals surface area contributed by atoms with E-state index in [4.69, 9.17) is 11.6 Å². The number of tetrazole rings is 1. The largest absolute Gasteiger partial charge is 0.224 e. The Bertz CT molecular complexity index is 471. The van der Waals surface area contributed by atoms with Crippen molar-refractivity contribution < 1.29 is 0 Å². The fourth-order valence-corrected chi connectivity index (χ4v) is 3.02. The quantitative estimate of drug-likeness (QED) is 0.625. The molecule has 0 radical (unpaired) electrons. The normalized spacial score (nSPS) is 10.7. The molecule has 0 spiro atoms. The molecule has 0 aliphatic heterocycles. The average molecular weight is 287 g/mol. The molecule has 0 saturated carbocycles. The van der Waals surface area contributed by atoms with Gasteiger partial charge in [-0.05, 0) is 34.7 Å². The van der Waals surface area contributed by atoms with Gasteiger partial charge in [-0.2, -0.15) is 0 Å². The molecule has 7 heteroatoms. The van der Waals surface area contributed by atoms with Crippen LogP contribution < -0.4 is 0 Å². The van der Waals surface area contributed by atoms with Crippen LogP contribution >= 0.6 is 35.1 Å². The van der Waals surface area contributed by atoms with Crippen LogP contribution in [0.5, 0.6) is 0 Å². The van der Waals surface area contributed by atoms with E-state index in [9.17, 15) is 0 Å². The number of nitrogens with zero attached hydrogens (tertiary/aromatic N) is 4. The highest BCUT2D eigenvalue weighted by Crippen LogP contribution is 2.22. The first-order valence-electron chi connectivity index (χ1n) is 4.99. The highest BCUT2D eigenvalue weighted by atomic mass is 35.5. The van der Waals surface area contributed by atoms with Crippen LogP contribution in [0.4, 0.5) is 0 Å². The molecule has 4 nitrogen and oxygen atoms in total. The van der Waals surface area contributed by atoms with Crippen LogP contribution in [-0.2, 0) is 7.05 Å². The summed E-state index contributed by atoms with van der Waals surface area (Å²) in [5.74, 6) is 1.99. The predicted molar refractivity (Wildman–Crippen MR) is 71.7 cm³/mol. The fraction of sp³-hybridized carbons (Fsp3) is 0.300. The maximum atomic E-state index is 5.82. The van der Waals surface area contributed by atoms with Gasteiger partial charge >= 0.3 is 0 Å². The number of aryl methyl sites for hydroxylation is 1. The first-order valence-corrected chi connectivity index (χ1v) is 7.34. The lowest BCUT2D eigenvalue weighted by Gasteiger charge is -2.01. The molecule has 17 heavy (non-hydrogen) atoms. The van der Waals surface area contributed by atoms with Crippen molar-refractivity contribution >= 4 is 35.1 Å². The number of thioether (sulfide) groups is 2. The van der Waals surface area contributed by atoms with E-state index in [2.05, 4.69) is 15.5 Å². The zero-order chi connectivity index (χ0) is 12.1. The highest BCUT2D eigenvalue weighted by molar-refractivity contribution is 8.02. The summed E-state index contributed by atoms with van der Waals surface area (Å²) in [6, 6.07) is 7.87. The Hall–Kier alpha value is -0.720. The lowest BCUT2D eigenvalue weighted by molar-refractivity contribution is 0.665. The monoisotopic (exact) mass is 286 g/mol. The van der Waals surface area contributed by atoms with E-state index in [1.807, 2.05) is 31.3 Å². The van der Waals surface area contributed by atoms with Crippen molar-refractivity contribution in [2.45, 2.75) is 10.1 Å². The minimum absolute atomic E-state index is 0.772. The third kappa shape index (κ3) is 3.90. The zero-order valence-corrected chi connectivity index (χ0v) is 11.6. The second-order valence-electron chi connectivity index (χ2n) is 3.24. The van der Waals surface area contributed by atoms with Crippen LogP contribution in [0.1, 0.15) is 0 Å². The third-order valence-electron chi connectivity index (χ3n) is 1.98. The summed E-state index contributed by atoms with van der Waals surface area (Å²) >= 11 is 9.28. The standard InChI is InChI=1S/C10H11ClN4S2/c1-15-10(12-13-14-15)17-7-6-16-9-4-2-8(11)3-5-9/h2-5H,6-7H2,1H3. The minimum atomic E-state index is 0.772. The first-order chi connectivity index (χ1) is 8.25. The molecule has 0 atom stereocenters. The molecular formula is C10H11ClN4S2. The molecule has 0 bridgehead atoms. The van der Waals surface area contributed by atoms with Crippen LogP contribution in [-0.4, -0.2) is 31.7 Å². The summed E-state index contributed by atoms with van der Waals surface area (Å²) in [7, 11) is 1.84. The van der Waals surface area contributed by atoms with Gasteiger partial charge in [0, 0.05) is 28.5 Å². The number of hydrogen-bond donors (Lipinski definition) is 0. The summed E-state index contributed by atoms with van der Waals surface area (Å²) in [5.41, 5.74) is 0. The molecule has 0 aliphatic rings. The van der Waals surface area contributed by atoms with Gasteiger partial charge in [-0.15, -0.1) is 16.9 Å². The number of hydrogen-bond acceptors (Lipinski definition) is 5. The molecule has 2 rings (SSSR count). The Morgan fingerprint density at radius 1 is 1.18 bits per heavy atom. The van der Waals surface area contributed by atoms with Crippen molar-refractivity contribution in [2.75, 3.05) is 11.5 Å². The molecule has 0 unspecified atom stereocenters. The summed E-state index contributed by atoms with van der Waals surface area (Å²) in [6.45, 7) is 0. The molecule has 1 aromatic carbocycles. The van der Waals surface area contributed by atoms with Gasteiger partial charge in [0.2, 0.25) is 5.16 Å². The second-order valence-corrected chi connectivity index (χ2v) is 5.90. The van der Waals surface area contributed by atoms with Crippen LogP contribution in [0, 0.1) is 0 Å². The van der Waals surface area contributed by atoms with E-state index in [0.717, 1.165) is 21.7 Å². The Morgan fingerprint density at radius 3 is 2.53 bits per heavy atom. The Balaban J connectivity index is 1.73. The third-order valence-corrected chi connectivity index (χ3v) is 4.51. The minimum Gasteiger partial charge on any atom is -0.224 e. The van der Waals surface area contributed by atoms with Crippen molar-refractivity contribution in [3.05, 3.63) is 29.3 Å². The molecule has 0 fully saturated rings. The SMILES string of the molecule is Cn1nnnc1SCCSc1ccc(Cl)cc1. The van der Waals surface area contributed by atoms with Gasteiger partial charge in [-0.1, -0.05) is 23.4 Å². The average Bonchev–Trinajstić information content (AvgIpc) is 2.73. The Morgan fingerprint density at radius 2 is 1.88 bits per heavy atom. The van der Waals surface area contributed by atoms with Gasteiger partial charge in [0.25, 0.3) is 0 Å². The van der Waals surface area contributed by atoms with Crippen molar-refractivity contribution in [2.24, 2.45) is 7.05 Å². The summed E-state index contributed by atoms with van der Waals surface area (Å²) in [6.07, 6.45) is 0. The van der Waals surface area contributed by atoms with E-state index >= 15 is 0 Å². The number of rotatable bonds is 5. The maximum Gasteiger partial charge on any atom is 0.209 e. The van der Waals surface area contributed by atoms with Crippen LogP contribution in [0.2, 0.25) is 5.02 Å². The number of benzene rings is 1. The summed E-state index contributed by atoms with van der Waals surface area (Å²) in [5, 5.41) is 12.9. The molecule has 2 aromatic rings. The van der Waals surface area contributed by atoms with Gasteiger partial charge < -0.3 is 0 Å². The predicted octanol–water partition coefficient (Wildman–Crippen LogP) is 2.75. The van der Waals surface area contributed by atoms with Crippen molar-refractivity contribution in [1.29, 1.82) is 0 Å². The van der Waals surface area contributed by atoms with Crippen molar-refractivity contribution in [1.82, 2.24) is 20.2 Å². The smallest absolute Gasteiger partial charge is 0.209 e. The van der Waals surface area contributed by atoms with Gasteiger partial charge in [-0.3, -0.25) is 0 Å². The van der Waals surface area contributed by atoms with E-state index in [1.54, 1.807) is 28.2 Å². The van der Waals surface area contributed by atoms with Crippen LogP contribution in [0.15, 0.2) is 34.3 Å². The highest BCUT2D eigenvalue weighted by Gasteiger charge is 2.02. The van der Waals surface area contributed by atoms with Gasteiger partial charge in [-0.25, -0.2) is 4.68 Å². The molecular weight excluding hydrogens is 276 g/mol. The van der Waals surface area contributed by atoms with Gasteiger partial charge in [0.05, 0.1) is 0 Å². The summed E-state index contributed by atoms with van der Waals surface area (Å²) in [4.78, 5) is 1.23. The topological polar surface area (TPSA) is 43.6 Å². The molecule has 1 aromatic heterocycles. The van der Waals surface area contributed by atoms with E-state index in [-0.39, 0.29) is 0 Å². The number of halogens is 1. The Labute approximate surface area is 113 Å². The van der Waals surface area contributed by atoms with Gasteiger partial charge in [0.1, 0.15) is 0 Å². The van der Waals surface area contributed by atoms with Gasteiger partial charge in [0.15, 0.2) is 0 Å². The molecule has 90 valence electrons. The maximum absolute atomic E-state index is 5.82. The lowest BCUT2D eigenvalue weighted by Crippen LogP contribution is -1.94. The van der Waals surface area contributed by atoms with Crippen LogP contribution in [0.3, 0.4) is 0 Å². The van der Waals surface area contributed by atoms with E-state index in [0.29, 0.717) is 0 Å². The molecule has 0 N–H and O–H groups in total. The zero-order valence-electron chi connectivity index (χ0n) is 9.21. The first kappa shape index (κ1) is 12.7. The lowest BCUT2D eigenvalue weighted by atomic mass is 10.4. The molecule has 0 amide bonds. The number of aromatic nitrogens is 4. The van der Waals surface area contributed by atoms with Crippen LogP contribution in [0.25, 0.3) is 0 Å².